The Labute approximate surface area is 103 Å². The van der Waals surface area contributed by atoms with Crippen LogP contribution < -0.4 is 10.5 Å². The van der Waals surface area contributed by atoms with E-state index in [1.54, 1.807) is 7.11 Å². The Morgan fingerprint density at radius 2 is 2.20 bits per heavy atom. The summed E-state index contributed by atoms with van der Waals surface area (Å²) in [5.74, 6) is 0.747. The van der Waals surface area contributed by atoms with E-state index in [0.717, 1.165) is 35.0 Å². The summed E-state index contributed by atoms with van der Waals surface area (Å²) in [6.45, 7) is 0. The standard InChI is InChI=1S/C11H13BrClNO/c1-15-10-7(6-11(14)2-3-11)4-8(12)5-9(10)13/h4-5H,2-3,6,14H2,1H3. The first-order valence-corrected chi connectivity index (χ1v) is 6.02. The molecule has 0 bridgehead atoms. The second kappa shape index (κ2) is 3.96. The lowest BCUT2D eigenvalue weighted by Crippen LogP contribution is -2.24. The molecule has 4 heteroatoms. The first-order chi connectivity index (χ1) is 7.04. The van der Waals surface area contributed by atoms with Crippen LogP contribution in [0.3, 0.4) is 0 Å². The number of rotatable bonds is 3. The van der Waals surface area contributed by atoms with Crippen LogP contribution >= 0.6 is 27.5 Å². The first kappa shape index (κ1) is 11.2. The van der Waals surface area contributed by atoms with Gasteiger partial charge in [0.1, 0.15) is 5.75 Å². The zero-order valence-electron chi connectivity index (χ0n) is 8.52. The van der Waals surface area contributed by atoms with Gasteiger partial charge in [-0.3, -0.25) is 0 Å². The van der Waals surface area contributed by atoms with Crippen LogP contribution in [-0.2, 0) is 6.42 Å². The van der Waals surface area contributed by atoms with Crippen LogP contribution in [0.25, 0.3) is 0 Å². The number of methoxy groups -OCH3 is 1. The van der Waals surface area contributed by atoms with Gasteiger partial charge in [-0.2, -0.15) is 0 Å². The summed E-state index contributed by atoms with van der Waals surface area (Å²) in [7, 11) is 1.63. The van der Waals surface area contributed by atoms with Crippen molar-refractivity contribution in [3.05, 3.63) is 27.2 Å². The number of hydrogen-bond donors (Lipinski definition) is 1. The third-order valence-electron chi connectivity index (χ3n) is 2.72. The van der Waals surface area contributed by atoms with E-state index in [0.29, 0.717) is 5.02 Å². The van der Waals surface area contributed by atoms with E-state index in [1.807, 2.05) is 12.1 Å². The normalized spacial score (nSPS) is 17.6. The minimum atomic E-state index is -0.0304. The quantitative estimate of drug-likeness (QED) is 0.928. The van der Waals surface area contributed by atoms with Crippen LogP contribution in [0, 0.1) is 0 Å². The summed E-state index contributed by atoms with van der Waals surface area (Å²) >= 11 is 9.51. The summed E-state index contributed by atoms with van der Waals surface area (Å²) in [4.78, 5) is 0. The topological polar surface area (TPSA) is 35.2 Å². The van der Waals surface area contributed by atoms with Gasteiger partial charge < -0.3 is 10.5 Å². The molecular formula is C11H13BrClNO. The monoisotopic (exact) mass is 289 g/mol. The van der Waals surface area contributed by atoms with Crippen molar-refractivity contribution in [2.45, 2.75) is 24.8 Å². The van der Waals surface area contributed by atoms with Gasteiger partial charge in [0.2, 0.25) is 0 Å². The van der Waals surface area contributed by atoms with E-state index >= 15 is 0 Å². The van der Waals surface area contributed by atoms with Crippen molar-refractivity contribution in [2.24, 2.45) is 5.73 Å². The minimum Gasteiger partial charge on any atom is -0.495 e. The summed E-state index contributed by atoms with van der Waals surface area (Å²) in [5.41, 5.74) is 7.14. The van der Waals surface area contributed by atoms with Crippen molar-refractivity contribution in [1.29, 1.82) is 0 Å². The van der Waals surface area contributed by atoms with Gasteiger partial charge in [0.05, 0.1) is 12.1 Å². The smallest absolute Gasteiger partial charge is 0.140 e. The maximum absolute atomic E-state index is 6.09. The van der Waals surface area contributed by atoms with Gasteiger partial charge in [0.25, 0.3) is 0 Å². The van der Waals surface area contributed by atoms with E-state index in [-0.39, 0.29) is 5.54 Å². The second-order valence-electron chi connectivity index (χ2n) is 4.12. The molecule has 0 radical (unpaired) electrons. The minimum absolute atomic E-state index is 0.0304. The lowest BCUT2D eigenvalue weighted by atomic mass is 10.0. The second-order valence-corrected chi connectivity index (χ2v) is 5.44. The van der Waals surface area contributed by atoms with Crippen molar-refractivity contribution in [3.63, 3.8) is 0 Å². The Bertz CT molecular complexity index is 390. The fourth-order valence-electron chi connectivity index (χ4n) is 1.69. The van der Waals surface area contributed by atoms with E-state index in [1.165, 1.54) is 0 Å². The third-order valence-corrected chi connectivity index (χ3v) is 3.46. The number of nitrogens with two attached hydrogens (primary N) is 1. The molecule has 1 fully saturated rings. The van der Waals surface area contributed by atoms with Gasteiger partial charge in [-0.25, -0.2) is 0 Å². The molecule has 15 heavy (non-hydrogen) atoms. The number of hydrogen-bond acceptors (Lipinski definition) is 2. The third kappa shape index (κ3) is 2.47. The Hall–Kier alpha value is -0.250. The Morgan fingerprint density at radius 1 is 1.53 bits per heavy atom. The predicted molar refractivity (Wildman–Crippen MR) is 65.6 cm³/mol. The average molecular weight is 291 g/mol. The molecule has 0 aromatic heterocycles. The number of benzene rings is 1. The van der Waals surface area contributed by atoms with E-state index in [2.05, 4.69) is 15.9 Å². The Morgan fingerprint density at radius 3 is 2.73 bits per heavy atom. The molecule has 2 rings (SSSR count). The fraction of sp³-hybridized carbons (Fsp3) is 0.455. The molecule has 1 aromatic rings. The first-order valence-electron chi connectivity index (χ1n) is 4.85. The van der Waals surface area contributed by atoms with Crippen LogP contribution in [-0.4, -0.2) is 12.6 Å². The molecule has 82 valence electrons. The molecule has 2 N–H and O–H groups in total. The molecule has 1 aliphatic carbocycles. The number of halogens is 2. The van der Waals surface area contributed by atoms with Crippen molar-refractivity contribution in [2.75, 3.05) is 7.11 Å². The molecule has 2 nitrogen and oxygen atoms in total. The molecule has 1 aromatic carbocycles. The van der Waals surface area contributed by atoms with Crippen LogP contribution in [0.1, 0.15) is 18.4 Å². The van der Waals surface area contributed by atoms with Gasteiger partial charge >= 0.3 is 0 Å². The zero-order valence-corrected chi connectivity index (χ0v) is 10.9. The molecule has 1 saturated carbocycles. The fourth-order valence-corrected chi connectivity index (χ4v) is 2.64. The van der Waals surface area contributed by atoms with E-state index < -0.39 is 0 Å². The average Bonchev–Trinajstić information content (AvgIpc) is 2.82. The molecule has 0 aliphatic heterocycles. The van der Waals surface area contributed by atoms with Gasteiger partial charge in [-0.05, 0) is 37.0 Å². The van der Waals surface area contributed by atoms with Crippen molar-refractivity contribution in [3.8, 4) is 5.75 Å². The van der Waals surface area contributed by atoms with Crippen LogP contribution in [0.15, 0.2) is 16.6 Å². The molecule has 0 unspecified atom stereocenters. The lowest BCUT2D eigenvalue weighted by Gasteiger charge is -2.14. The van der Waals surface area contributed by atoms with Crippen LogP contribution in [0.4, 0.5) is 0 Å². The van der Waals surface area contributed by atoms with Gasteiger partial charge in [-0.15, -0.1) is 0 Å². The highest BCUT2D eigenvalue weighted by molar-refractivity contribution is 9.10. The molecule has 0 spiro atoms. The molecular weight excluding hydrogens is 277 g/mol. The molecule has 0 atom stereocenters. The zero-order chi connectivity index (χ0) is 11.1. The summed E-state index contributed by atoms with van der Waals surface area (Å²) < 4.78 is 6.26. The summed E-state index contributed by atoms with van der Waals surface area (Å²) in [5, 5.41) is 0.631. The van der Waals surface area contributed by atoms with Gasteiger partial charge in [-0.1, -0.05) is 27.5 Å². The summed E-state index contributed by atoms with van der Waals surface area (Å²) in [6, 6.07) is 3.86. The maximum Gasteiger partial charge on any atom is 0.140 e. The van der Waals surface area contributed by atoms with E-state index in [9.17, 15) is 0 Å². The van der Waals surface area contributed by atoms with Gasteiger partial charge in [0.15, 0.2) is 0 Å². The van der Waals surface area contributed by atoms with Crippen molar-refractivity contribution in [1.82, 2.24) is 0 Å². The van der Waals surface area contributed by atoms with E-state index in [4.69, 9.17) is 22.1 Å². The van der Waals surface area contributed by atoms with Crippen molar-refractivity contribution >= 4 is 27.5 Å². The molecule has 0 heterocycles. The molecule has 0 amide bonds. The van der Waals surface area contributed by atoms with Crippen molar-refractivity contribution < 1.29 is 4.74 Å². The highest BCUT2D eigenvalue weighted by Crippen LogP contribution is 2.40. The van der Waals surface area contributed by atoms with Crippen LogP contribution in [0.2, 0.25) is 5.02 Å². The largest absolute Gasteiger partial charge is 0.495 e. The SMILES string of the molecule is COc1c(Cl)cc(Br)cc1CC1(N)CC1. The predicted octanol–water partition coefficient (Wildman–Crippen LogP) is 3.14. The number of ether oxygens (including phenoxy) is 1. The Kier molecular flexibility index (Phi) is 2.97. The maximum atomic E-state index is 6.09. The summed E-state index contributed by atoms with van der Waals surface area (Å²) in [6.07, 6.45) is 3.00. The van der Waals surface area contributed by atoms with Crippen LogP contribution in [0.5, 0.6) is 5.75 Å². The Balaban J connectivity index is 2.35. The highest BCUT2D eigenvalue weighted by Gasteiger charge is 2.38. The molecule has 0 saturated heterocycles. The van der Waals surface area contributed by atoms with Gasteiger partial charge in [0, 0.05) is 10.0 Å². The highest BCUT2D eigenvalue weighted by atomic mass is 79.9. The molecule has 1 aliphatic rings. The lowest BCUT2D eigenvalue weighted by molar-refractivity contribution is 0.407.